The molecule has 3 atom stereocenters. The minimum Gasteiger partial charge on any atom is -0.481 e. The zero-order chi connectivity index (χ0) is 26.9. The largest absolute Gasteiger partial charge is 0.481 e. The molecule has 198 valence electrons. The second-order valence-corrected chi connectivity index (χ2v) is 11.4. The molecule has 0 bridgehead atoms. The predicted octanol–water partition coefficient (Wildman–Crippen LogP) is 6.17. The summed E-state index contributed by atoms with van der Waals surface area (Å²) in [6.45, 7) is 4.46. The van der Waals surface area contributed by atoms with Crippen LogP contribution in [0, 0.1) is 0 Å². The zero-order valence-electron chi connectivity index (χ0n) is 21.4. The number of benzene rings is 3. The molecule has 0 radical (unpaired) electrons. The lowest BCUT2D eigenvalue weighted by Crippen LogP contribution is -2.60. The van der Waals surface area contributed by atoms with E-state index in [1.165, 1.54) is 0 Å². The molecule has 1 N–H and O–H groups in total. The summed E-state index contributed by atoms with van der Waals surface area (Å²) in [7, 11) is 0. The number of halogens is 2. The van der Waals surface area contributed by atoms with Crippen LogP contribution >= 0.6 is 23.2 Å². The second kappa shape index (κ2) is 10.7. The van der Waals surface area contributed by atoms with E-state index in [-0.39, 0.29) is 18.4 Å². The first-order valence-corrected chi connectivity index (χ1v) is 13.8. The van der Waals surface area contributed by atoms with E-state index in [0.717, 1.165) is 23.2 Å². The van der Waals surface area contributed by atoms with Crippen molar-refractivity contribution in [3.05, 3.63) is 106 Å². The van der Waals surface area contributed by atoms with Crippen LogP contribution in [-0.4, -0.2) is 52.5 Å². The Bertz CT molecular complexity index is 1320. The van der Waals surface area contributed by atoms with Crippen molar-refractivity contribution in [3.63, 3.8) is 0 Å². The number of aliphatic carboxylic acids is 1. The molecule has 1 amide bonds. The Labute approximate surface area is 234 Å². The fourth-order valence-corrected chi connectivity index (χ4v) is 6.84. The molecule has 38 heavy (non-hydrogen) atoms. The number of carboxylic acid groups (broad SMARTS) is 1. The Kier molecular flexibility index (Phi) is 7.54. The summed E-state index contributed by atoms with van der Waals surface area (Å²) in [6, 6.07) is 24.9. The molecule has 0 saturated carbocycles. The monoisotopic (exact) mass is 550 g/mol. The highest BCUT2D eigenvalue weighted by Crippen LogP contribution is 2.50. The predicted molar refractivity (Wildman–Crippen MR) is 151 cm³/mol. The van der Waals surface area contributed by atoms with Crippen LogP contribution in [0.15, 0.2) is 78.9 Å². The fraction of sp³-hybridized carbons (Fsp3) is 0.355. The van der Waals surface area contributed by atoms with Gasteiger partial charge in [0.15, 0.2) is 0 Å². The Morgan fingerprint density at radius 1 is 0.974 bits per heavy atom. The van der Waals surface area contributed by atoms with Crippen molar-refractivity contribution in [1.29, 1.82) is 0 Å². The lowest BCUT2D eigenvalue weighted by atomic mass is 9.62. The summed E-state index contributed by atoms with van der Waals surface area (Å²) in [5.74, 6) is -0.763. The third-order valence-corrected chi connectivity index (χ3v) is 9.33. The Morgan fingerprint density at radius 2 is 1.66 bits per heavy atom. The summed E-state index contributed by atoms with van der Waals surface area (Å²) in [5, 5.41) is 11.6. The van der Waals surface area contributed by atoms with Crippen LogP contribution in [0.2, 0.25) is 10.0 Å². The van der Waals surface area contributed by atoms with Crippen LogP contribution in [0.4, 0.5) is 0 Å². The number of hydrogen-bond donors (Lipinski definition) is 1. The van der Waals surface area contributed by atoms with Gasteiger partial charge in [0.05, 0.1) is 15.5 Å². The highest BCUT2D eigenvalue weighted by molar-refractivity contribution is 6.42. The van der Waals surface area contributed by atoms with E-state index < -0.39 is 16.8 Å². The van der Waals surface area contributed by atoms with Crippen molar-refractivity contribution in [1.82, 2.24) is 9.80 Å². The first kappa shape index (κ1) is 26.7. The molecule has 2 fully saturated rings. The van der Waals surface area contributed by atoms with Gasteiger partial charge in [0, 0.05) is 31.0 Å². The molecule has 2 aliphatic rings. The summed E-state index contributed by atoms with van der Waals surface area (Å²) in [5.41, 5.74) is 1.10. The molecule has 2 saturated heterocycles. The van der Waals surface area contributed by atoms with Gasteiger partial charge in [-0.05, 0) is 54.8 Å². The summed E-state index contributed by atoms with van der Waals surface area (Å²) < 4.78 is 0. The highest BCUT2D eigenvalue weighted by atomic mass is 35.5. The van der Waals surface area contributed by atoms with Gasteiger partial charge in [0.1, 0.15) is 0 Å². The number of amides is 1. The number of rotatable bonds is 7. The van der Waals surface area contributed by atoms with Crippen LogP contribution in [0.1, 0.15) is 42.9 Å². The molecule has 0 aliphatic carbocycles. The summed E-state index contributed by atoms with van der Waals surface area (Å²) in [4.78, 5) is 30.9. The van der Waals surface area contributed by atoms with Gasteiger partial charge in [0.2, 0.25) is 5.91 Å². The van der Waals surface area contributed by atoms with Crippen molar-refractivity contribution in [2.75, 3.05) is 19.6 Å². The van der Waals surface area contributed by atoms with Crippen LogP contribution in [0.5, 0.6) is 0 Å². The topological polar surface area (TPSA) is 60.9 Å². The van der Waals surface area contributed by atoms with Crippen molar-refractivity contribution in [3.8, 4) is 0 Å². The van der Waals surface area contributed by atoms with E-state index in [0.29, 0.717) is 42.5 Å². The van der Waals surface area contributed by atoms with E-state index in [9.17, 15) is 14.7 Å². The molecule has 0 spiro atoms. The number of carboxylic acids is 1. The average molecular weight is 552 g/mol. The number of likely N-dealkylation sites (tertiary alicyclic amines) is 2. The molecule has 3 aromatic rings. The highest BCUT2D eigenvalue weighted by Gasteiger charge is 2.57. The van der Waals surface area contributed by atoms with Crippen LogP contribution in [0.25, 0.3) is 0 Å². The molecular formula is C31H32Cl2N2O3. The molecule has 0 aromatic heterocycles. The normalized spacial score (nSPS) is 26.0. The summed E-state index contributed by atoms with van der Waals surface area (Å²) in [6.07, 6.45) is 1.19. The van der Waals surface area contributed by atoms with Crippen LogP contribution in [-0.2, 0) is 27.0 Å². The van der Waals surface area contributed by atoms with Gasteiger partial charge in [-0.1, -0.05) is 96.9 Å². The van der Waals surface area contributed by atoms with E-state index >= 15 is 0 Å². The van der Waals surface area contributed by atoms with Gasteiger partial charge < -0.3 is 10.0 Å². The Morgan fingerprint density at radius 3 is 2.29 bits per heavy atom. The first-order valence-electron chi connectivity index (χ1n) is 13.1. The number of likely N-dealkylation sites (N-methyl/N-ethyl adjacent to an activating group) is 1. The Balaban J connectivity index is 1.62. The molecule has 3 unspecified atom stereocenters. The fourth-order valence-electron chi connectivity index (χ4n) is 6.54. The van der Waals surface area contributed by atoms with Crippen LogP contribution in [0.3, 0.4) is 0 Å². The minimum absolute atomic E-state index is 0.0576. The van der Waals surface area contributed by atoms with Crippen molar-refractivity contribution in [2.45, 2.75) is 49.6 Å². The van der Waals surface area contributed by atoms with Gasteiger partial charge in [-0.2, -0.15) is 0 Å². The molecule has 5 rings (SSSR count). The summed E-state index contributed by atoms with van der Waals surface area (Å²) >= 11 is 12.8. The minimum atomic E-state index is -1.04. The van der Waals surface area contributed by atoms with E-state index in [4.69, 9.17) is 23.2 Å². The molecular weight excluding hydrogens is 519 g/mol. The average Bonchev–Trinajstić information content (AvgIpc) is 3.27. The number of nitrogens with zero attached hydrogens (tertiary/aromatic N) is 2. The third-order valence-electron chi connectivity index (χ3n) is 8.59. The second-order valence-electron chi connectivity index (χ2n) is 10.5. The maximum Gasteiger partial charge on any atom is 0.314 e. The van der Waals surface area contributed by atoms with E-state index in [2.05, 4.69) is 11.8 Å². The van der Waals surface area contributed by atoms with Crippen LogP contribution < -0.4 is 0 Å². The molecule has 7 heteroatoms. The lowest BCUT2D eigenvalue weighted by molar-refractivity contribution is -0.147. The molecule has 2 heterocycles. The van der Waals surface area contributed by atoms with E-state index in [1.807, 2.05) is 77.7 Å². The van der Waals surface area contributed by atoms with Gasteiger partial charge in [-0.3, -0.25) is 14.5 Å². The smallest absolute Gasteiger partial charge is 0.314 e. The lowest BCUT2D eigenvalue weighted by Gasteiger charge is -2.51. The van der Waals surface area contributed by atoms with Crippen molar-refractivity contribution in [2.24, 2.45) is 0 Å². The number of carbonyl (C=O) groups is 2. The van der Waals surface area contributed by atoms with Gasteiger partial charge in [-0.15, -0.1) is 0 Å². The first-order chi connectivity index (χ1) is 18.3. The number of hydrogen-bond acceptors (Lipinski definition) is 3. The maximum absolute atomic E-state index is 13.7. The van der Waals surface area contributed by atoms with E-state index in [1.54, 1.807) is 6.07 Å². The SMILES string of the molecule is CCN1CCC(C(=O)O)(c2ccccc2)CC1C1(c2ccc(Cl)c(Cl)c2)CC(=O)N(Cc2ccccc2)C1. The van der Waals surface area contributed by atoms with Gasteiger partial charge >= 0.3 is 5.97 Å². The number of piperidine rings is 1. The van der Waals surface area contributed by atoms with Gasteiger partial charge in [0.25, 0.3) is 0 Å². The molecule has 2 aliphatic heterocycles. The number of carbonyl (C=O) groups excluding carboxylic acids is 1. The molecule has 5 nitrogen and oxygen atoms in total. The van der Waals surface area contributed by atoms with Gasteiger partial charge in [-0.25, -0.2) is 0 Å². The zero-order valence-corrected chi connectivity index (χ0v) is 23.0. The van der Waals surface area contributed by atoms with Crippen molar-refractivity contribution >= 4 is 35.1 Å². The Hall–Kier alpha value is -2.86. The third kappa shape index (κ3) is 4.72. The maximum atomic E-state index is 13.7. The quantitative estimate of drug-likeness (QED) is 0.382. The standard InChI is InChI=1S/C31H32Cl2N2O3/c1-2-34-16-15-30(29(37)38,23-11-7-4-8-12-23)18-27(34)31(24-13-14-25(32)26(33)17-24)19-28(36)35(21-31)20-22-9-5-3-6-10-22/h3-14,17,27H,2,15-16,18-21H2,1H3,(H,37,38). The molecule has 3 aromatic carbocycles. The van der Waals surface area contributed by atoms with Crippen molar-refractivity contribution < 1.29 is 14.7 Å².